The molecule has 2 amide bonds. The number of amides is 2. The zero-order valence-corrected chi connectivity index (χ0v) is 16.1. The normalized spacial score (nSPS) is 24.9. The monoisotopic (exact) mass is 415 g/mol. The molecule has 1 fully saturated rings. The minimum Gasteiger partial charge on any atom is -0.550 e. The van der Waals surface area contributed by atoms with Crippen LogP contribution in [0.2, 0.25) is 5.02 Å². The van der Waals surface area contributed by atoms with Crippen LogP contribution in [-0.2, 0) is 9.59 Å². The number of carbonyl (C=O) groups excluding carboxylic acids is 3. The second-order valence-corrected chi connectivity index (χ2v) is 8.29. The van der Waals surface area contributed by atoms with Crippen LogP contribution < -0.4 is 15.7 Å². The molecule has 28 heavy (non-hydrogen) atoms. The molecule has 0 aliphatic heterocycles. The highest BCUT2D eigenvalue weighted by molar-refractivity contribution is 7.12. The molecule has 4 atom stereocenters. The number of halogens is 1. The maximum Gasteiger partial charge on any atom is 0.265 e. The van der Waals surface area contributed by atoms with Crippen molar-refractivity contribution in [2.75, 3.05) is 10.6 Å². The Kier molecular flexibility index (Phi) is 4.95. The topological polar surface area (TPSA) is 98.3 Å². The van der Waals surface area contributed by atoms with E-state index in [4.69, 9.17) is 11.6 Å². The van der Waals surface area contributed by atoms with E-state index >= 15 is 0 Å². The summed E-state index contributed by atoms with van der Waals surface area (Å²) in [6.45, 7) is 0. The minimum absolute atomic E-state index is 0.0989. The van der Waals surface area contributed by atoms with Crippen molar-refractivity contribution in [3.8, 4) is 0 Å². The molecular weight excluding hydrogens is 400 g/mol. The Labute approximate surface area is 170 Å². The Balaban J connectivity index is 1.51. The van der Waals surface area contributed by atoms with Crippen LogP contribution in [0.25, 0.3) is 0 Å². The molecule has 8 heteroatoms. The number of fused-ring (bicyclic) bond motifs is 2. The smallest absolute Gasteiger partial charge is 0.265 e. The van der Waals surface area contributed by atoms with Crippen molar-refractivity contribution in [1.82, 2.24) is 0 Å². The minimum atomic E-state index is -1.20. The Bertz CT molecular complexity index is 973. The molecule has 0 saturated heterocycles. The average molecular weight is 416 g/mol. The summed E-state index contributed by atoms with van der Waals surface area (Å²) in [7, 11) is 0. The summed E-state index contributed by atoms with van der Waals surface area (Å²) in [5.41, 5.74) is 0.793. The van der Waals surface area contributed by atoms with Crippen molar-refractivity contribution in [2.45, 2.75) is 6.42 Å². The van der Waals surface area contributed by atoms with Gasteiger partial charge in [0.2, 0.25) is 5.91 Å². The van der Waals surface area contributed by atoms with Gasteiger partial charge in [-0.3, -0.25) is 9.59 Å². The van der Waals surface area contributed by atoms with Gasteiger partial charge in [-0.1, -0.05) is 29.8 Å². The molecular formula is C20H16ClN2O4S-. The third-order valence-electron chi connectivity index (χ3n) is 5.26. The number of carboxylic acid groups (broad SMARTS) is 1. The van der Waals surface area contributed by atoms with Gasteiger partial charge in [0.15, 0.2) is 0 Å². The highest BCUT2D eigenvalue weighted by Crippen LogP contribution is 2.48. The number of hydrogen-bond acceptors (Lipinski definition) is 5. The number of nitrogens with one attached hydrogen (secondary N) is 2. The fraction of sp³-hybridized carbons (Fsp3) is 0.250. The Morgan fingerprint density at radius 1 is 1.07 bits per heavy atom. The van der Waals surface area contributed by atoms with E-state index < -0.39 is 17.8 Å². The standard InChI is InChI=1S/C20H17ClN2O4S/c21-13-6-5-12(9-14(13)23-18(24)15-2-1-7-28-15)22-19(25)16-10-3-4-11(8-10)17(16)20(26)27/h1-7,9-11,16-17H,8H2,(H,22,25)(H,23,24)(H,26,27)/p-1/t10-,11+,16+,17+/m0/s1. The van der Waals surface area contributed by atoms with E-state index in [0.29, 0.717) is 27.7 Å². The first kappa shape index (κ1) is 18.7. The van der Waals surface area contributed by atoms with Gasteiger partial charge in [0.25, 0.3) is 5.91 Å². The quantitative estimate of drug-likeness (QED) is 0.733. The van der Waals surface area contributed by atoms with Gasteiger partial charge in [-0.15, -0.1) is 11.3 Å². The molecule has 1 aromatic carbocycles. The predicted octanol–water partition coefficient (Wildman–Crippen LogP) is 2.78. The van der Waals surface area contributed by atoms with Crippen LogP contribution >= 0.6 is 22.9 Å². The van der Waals surface area contributed by atoms with Gasteiger partial charge in [-0.05, 0) is 47.9 Å². The van der Waals surface area contributed by atoms with E-state index in [1.165, 1.54) is 11.3 Å². The maximum atomic E-state index is 12.8. The molecule has 1 saturated carbocycles. The van der Waals surface area contributed by atoms with Crippen LogP contribution in [0, 0.1) is 23.7 Å². The molecule has 2 bridgehead atoms. The largest absolute Gasteiger partial charge is 0.550 e. The van der Waals surface area contributed by atoms with E-state index in [1.54, 1.807) is 35.7 Å². The third-order valence-corrected chi connectivity index (χ3v) is 6.46. The van der Waals surface area contributed by atoms with Crippen molar-refractivity contribution in [3.05, 3.63) is 57.8 Å². The number of allylic oxidation sites excluding steroid dienone is 2. The molecule has 0 unspecified atom stereocenters. The SMILES string of the molecule is O=C(Nc1cc(NC(=O)[C@H]2[C@H](C(=O)[O-])[C@@H]3C=C[C@H]2C3)ccc1Cl)c1cccs1. The lowest BCUT2D eigenvalue weighted by Crippen LogP contribution is -2.42. The van der Waals surface area contributed by atoms with Crippen LogP contribution in [0.1, 0.15) is 16.1 Å². The summed E-state index contributed by atoms with van der Waals surface area (Å²) in [6, 6.07) is 8.20. The second kappa shape index (κ2) is 7.41. The van der Waals surface area contributed by atoms with Gasteiger partial charge in [0.1, 0.15) is 0 Å². The number of carboxylic acids is 1. The molecule has 4 rings (SSSR count). The van der Waals surface area contributed by atoms with Gasteiger partial charge in [0, 0.05) is 17.6 Å². The van der Waals surface area contributed by atoms with Gasteiger partial charge in [0.05, 0.1) is 21.5 Å². The molecule has 2 aliphatic carbocycles. The summed E-state index contributed by atoms with van der Waals surface area (Å²) < 4.78 is 0. The predicted molar refractivity (Wildman–Crippen MR) is 105 cm³/mol. The van der Waals surface area contributed by atoms with E-state index in [1.807, 2.05) is 12.2 Å². The van der Waals surface area contributed by atoms with Crippen LogP contribution in [0.5, 0.6) is 0 Å². The maximum absolute atomic E-state index is 12.8. The number of benzene rings is 1. The Morgan fingerprint density at radius 3 is 2.50 bits per heavy atom. The molecule has 0 spiro atoms. The van der Waals surface area contributed by atoms with Gasteiger partial charge in [-0.2, -0.15) is 0 Å². The lowest BCUT2D eigenvalue weighted by molar-refractivity contribution is -0.313. The number of anilines is 2. The van der Waals surface area contributed by atoms with E-state index in [9.17, 15) is 19.5 Å². The second-order valence-electron chi connectivity index (χ2n) is 6.93. The Morgan fingerprint density at radius 2 is 1.82 bits per heavy atom. The van der Waals surface area contributed by atoms with Crippen LogP contribution in [0.3, 0.4) is 0 Å². The number of carbonyl (C=O) groups is 3. The lowest BCUT2D eigenvalue weighted by atomic mass is 9.82. The van der Waals surface area contributed by atoms with Crippen molar-refractivity contribution in [1.29, 1.82) is 0 Å². The van der Waals surface area contributed by atoms with Crippen molar-refractivity contribution < 1.29 is 19.5 Å². The Hall–Kier alpha value is -2.64. The summed E-state index contributed by atoms with van der Waals surface area (Å²) in [5.74, 6) is -3.61. The van der Waals surface area contributed by atoms with Crippen molar-refractivity contribution >= 4 is 52.1 Å². The molecule has 6 nitrogen and oxygen atoms in total. The summed E-state index contributed by atoms with van der Waals surface area (Å²) in [5, 5.41) is 19.1. The van der Waals surface area contributed by atoms with Crippen molar-refractivity contribution in [2.24, 2.45) is 23.7 Å². The molecule has 0 radical (unpaired) electrons. The van der Waals surface area contributed by atoms with Crippen LogP contribution in [0.4, 0.5) is 11.4 Å². The number of aliphatic carboxylic acids is 1. The summed E-state index contributed by atoms with van der Waals surface area (Å²) >= 11 is 7.47. The van der Waals surface area contributed by atoms with Gasteiger partial charge in [-0.25, -0.2) is 0 Å². The van der Waals surface area contributed by atoms with Gasteiger partial charge >= 0.3 is 0 Å². The molecule has 2 aliphatic rings. The molecule has 2 N–H and O–H groups in total. The number of thiophene rings is 1. The van der Waals surface area contributed by atoms with Crippen LogP contribution in [-0.4, -0.2) is 17.8 Å². The average Bonchev–Trinajstić information content (AvgIpc) is 3.40. The summed E-state index contributed by atoms with van der Waals surface area (Å²) in [4.78, 5) is 37.1. The zero-order chi connectivity index (χ0) is 19.8. The highest BCUT2D eigenvalue weighted by Gasteiger charge is 2.48. The van der Waals surface area contributed by atoms with Crippen LogP contribution in [0.15, 0.2) is 47.9 Å². The van der Waals surface area contributed by atoms with Crippen molar-refractivity contribution in [3.63, 3.8) is 0 Å². The van der Waals surface area contributed by atoms with E-state index in [-0.39, 0.29) is 23.7 Å². The van der Waals surface area contributed by atoms with E-state index in [0.717, 1.165) is 0 Å². The lowest BCUT2D eigenvalue weighted by Gasteiger charge is -2.27. The third kappa shape index (κ3) is 3.43. The first-order valence-corrected chi connectivity index (χ1v) is 10.0. The highest BCUT2D eigenvalue weighted by atomic mass is 35.5. The number of hydrogen-bond donors (Lipinski definition) is 2. The summed E-state index contributed by atoms with van der Waals surface area (Å²) in [6.07, 6.45) is 4.41. The fourth-order valence-corrected chi connectivity index (χ4v) is 4.80. The molecule has 1 aromatic heterocycles. The zero-order valence-electron chi connectivity index (χ0n) is 14.6. The first-order valence-electron chi connectivity index (χ1n) is 8.78. The van der Waals surface area contributed by atoms with E-state index in [2.05, 4.69) is 10.6 Å². The van der Waals surface area contributed by atoms with Gasteiger partial charge < -0.3 is 20.5 Å². The number of rotatable bonds is 5. The molecule has 1 heterocycles. The fourth-order valence-electron chi connectivity index (χ4n) is 4.02. The first-order chi connectivity index (χ1) is 13.4. The molecule has 2 aromatic rings. The molecule has 144 valence electrons.